The lowest BCUT2D eigenvalue weighted by Crippen LogP contribution is -2.34. The smallest absolute Gasteiger partial charge is 0.0281 e. The van der Waals surface area contributed by atoms with Crippen molar-refractivity contribution in [3.63, 3.8) is 0 Å². The zero-order valence-electron chi connectivity index (χ0n) is 12.0. The predicted molar refractivity (Wildman–Crippen MR) is 84.8 cm³/mol. The molecule has 0 heterocycles. The van der Waals surface area contributed by atoms with Gasteiger partial charge in [0, 0.05) is 17.8 Å². The third kappa shape index (κ3) is 3.35. The highest BCUT2D eigenvalue weighted by molar-refractivity contribution is 8.00. The highest BCUT2D eigenvalue weighted by atomic mass is 32.2. The van der Waals surface area contributed by atoms with Gasteiger partial charge in [0.2, 0.25) is 0 Å². The van der Waals surface area contributed by atoms with Gasteiger partial charge in [-0.25, -0.2) is 0 Å². The molecule has 1 aromatic rings. The molecule has 2 saturated carbocycles. The second kappa shape index (κ2) is 5.88. The van der Waals surface area contributed by atoms with Gasteiger partial charge in [-0.3, -0.25) is 0 Å². The minimum absolute atomic E-state index is 0.522. The summed E-state index contributed by atoms with van der Waals surface area (Å²) in [5.74, 6) is 0.875. The van der Waals surface area contributed by atoms with Crippen LogP contribution in [-0.2, 0) is 6.54 Å². The molecule has 1 aromatic carbocycles. The van der Waals surface area contributed by atoms with Gasteiger partial charge in [-0.1, -0.05) is 37.1 Å². The molecule has 3 rings (SSSR count). The van der Waals surface area contributed by atoms with Crippen LogP contribution in [0, 0.1) is 0 Å². The van der Waals surface area contributed by atoms with Crippen molar-refractivity contribution < 1.29 is 0 Å². The SMILES string of the molecule is CSC1(CNCc2ccc(C3CC3)cc2)CCCC1. The van der Waals surface area contributed by atoms with E-state index < -0.39 is 0 Å². The summed E-state index contributed by atoms with van der Waals surface area (Å²) in [6.07, 6.45) is 10.7. The van der Waals surface area contributed by atoms with E-state index in [0.29, 0.717) is 4.75 Å². The standard InChI is InChI=1S/C17H25NS/c1-19-17(10-2-3-11-17)13-18-12-14-4-6-15(7-5-14)16-8-9-16/h4-7,16,18H,2-3,8-13H2,1H3. The van der Waals surface area contributed by atoms with Gasteiger partial charge in [0.15, 0.2) is 0 Å². The van der Waals surface area contributed by atoms with Gasteiger partial charge < -0.3 is 5.32 Å². The van der Waals surface area contributed by atoms with E-state index in [2.05, 4.69) is 47.6 Å². The summed E-state index contributed by atoms with van der Waals surface area (Å²) in [7, 11) is 0. The first-order valence-corrected chi connectivity index (χ1v) is 8.88. The van der Waals surface area contributed by atoms with E-state index in [1.165, 1.54) is 50.6 Å². The highest BCUT2D eigenvalue weighted by Crippen LogP contribution is 2.40. The van der Waals surface area contributed by atoms with E-state index in [4.69, 9.17) is 0 Å². The normalized spacial score (nSPS) is 21.7. The number of thioether (sulfide) groups is 1. The van der Waals surface area contributed by atoms with Crippen LogP contribution >= 0.6 is 11.8 Å². The van der Waals surface area contributed by atoms with Gasteiger partial charge in [0.25, 0.3) is 0 Å². The Balaban J connectivity index is 1.48. The number of rotatable bonds is 6. The molecule has 0 saturated heterocycles. The second-order valence-electron chi connectivity index (χ2n) is 6.21. The van der Waals surface area contributed by atoms with Crippen LogP contribution in [0.15, 0.2) is 24.3 Å². The van der Waals surface area contributed by atoms with Crippen LogP contribution in [-0.4, -0.2) is 17.5 Å². The Morgan fingerprint density at radius 2 is 1.84 bits per heavy atom. The predicted octanol–water partition coefficient (Wildman–Crippen LogP) is 4.33. The molecule has 0 aromatic heterocycles. The van der Waals surface area contributed by atoms with Crippen LogP contribution in [0.4, 0.5) is 0 Å². The summed E-state index contributed by atoms with van der Waals surface area (Å²) in [6, 6.07) is 9.27. The average Bonchev–Trinajstić information content (AvgIpc) is 3.20. The fourth-order valence-electron chi connectivity index (χ4n) is 3.23. The molecule has 2 aliphatic carbocycles. The van der Waals surface area contributed by atoms with Crippen LogP contribution in [0.1, 0.15) is 55.6 Å². The van der Waals surface area contributed by atoms with Crippen molar-refractivity contribution in [3.05, 3.63) is 35.4 Å². The quantitative estimate of drug-likeness (QED) is 0.829. The Kier molecular flexibility index (Phi) is 4.18. The van der Waals surface area contributed by atoms with E-state index in [9.17, 15) is 0 Å². The lowest BCUT2D eigenvalue weighted by molar-refractivity contribution is 0.534. The van der Waals surface area contributed by atoms with E-state index in [1.807, 2.05) is 0 Å². The molecule has 0 bridgehead atoms. The van der Waals surface area contributed by atoms with Crippen molar-refractivity contribution in [2.24, 2.45) is 0 Å². The Labute approximate surface area is 121 Å². The van der Waals surface area contributed by atoms with E-state index in [0.717, 1.165) is 12.5 Å². The zero-order valence-corrected chi connectivity index (χ0v) is 12.8. The maximum atomic E-state index is 3.68. The van der Waals surface area contributed by atoms with Crippen molar-refractivity contribution in [1.29, 1.82) is 0 Å². The summed E-state index contributed by atoms with van der Waals surface area (Å²) in [5, 5.41) is 3.68. The molecular weight excluding hydrogens is 250 g/mol. The van der Waals surface area contributed by atoms with Crippen LogP contribution in [0.3, 0.4) is 0 Å². The summed E-state index contributed by atoms with van der Waals surface area (Å²) in [5.41, 5.74) is 2.97. The number of benzene rings is 1. The summed E-state index contributed by atoms with van der Waals surface area (Å²) >= 11 is 2.07. The molecule has 2 aliphatic rings. The van der Waals surface area contributed by atoms with Crippen LogP contribution in [0.2, 0.25) is 0 Å². The third-order valence-electron chi connectivity index (χ3n) is 4.75. The highest BCUT2D eigenvalue weighted by Gasteiger charge is 2.32. The van der Waals surface area contributed by atoms with E-state index in [1.54, 1.807) is 5.56 Å². The van der Waals surface area contributed by atoms with Gasteiger partial charge in [0.1, 0.15) is 0 Å². The summed E-state index contributed by atoms with van der Waals surface area (Å²) in [4.78, 5) is 0. The van der Waals surface area contributed by atoms with Crippen molar-refractivity contribution in [2.75, 3.05) is 12.8 Å². The molecule has 1 N–H and O–H groups in total. The fourth-order valence-corrected chi connectivity index (χ4v) is 4.17. The van der Waals surface area contributed by atoms with Crippen molar-refractivity contribution in [3.8, 4) is 0 Å². The van der Waals surface area contributed by atoms with Crippen LogP contribution < -0.4 is 5.32 Å². The van der Waals surface area contributed by atoms with Crippen molar-refractivity contribution in [1.82, 2.24) is 5.32 Å². The minimum Gasteiger partial charge on any atom is -0.311 e. The monoisotopic (exact) mass is 275 g/mol. The maximum Gasteiger partial charge on any atom is 0.0281 e. The molecule has 0 aliphatic heterocycles. The molecule has 2 fully saturated rings. The molecule has 19 heavy (non-hydrogen) atoms. The third-order valence-corrected chi connectivity index (χ3v) is 6.17. The largest absolute Gasteiger partial charge is 0.311 e. The van der Waals surface area contributed by atoms with Gasteiger partial charge >= 0.3 is 0 Å². The summed E-state index contributed by atoms with van der Waals surface area (Å²) in [6.45, 7) is 2.19. The lowest BCUT2D eigenvalue weighted by Gasteiger charge is -2.27. The minimum atomic E-state index is 0.522. The number of hydrogen-bond acceptors (Lipinski definition) is 2. The molecule has 0 amide bonds. The molecule has 0 atom stereocenters. The van der Waals surface area contributed by atoms with E-state index >= 15 is 0 Å². The van der Waals surface area contributed by atoms with Crippen molar-refractivity contribution >= 4 is 11.8 Å². The molecular formula is C17H25NS. The molecule has 2 heteroatoms. The first kappa shape index (κ1) is 13.5. The Morgan fingerprint density at radius 1 is 1.16 bits per heavy atom. The number of hydrogen-bond donors (Lipinski definition) is 1. The maximum absolute atomic E-state index is 3.68. The average molecular weight is 275 g/mol. The first-order chi connectivity index (χ1) is 9.31. The van der Waals surface area contributed by atoms with Crippen molar-refractivity contribution in [2.45, 2.75) is 55.7 Å². The molecule has 1 nitrogen and oxygen atoms in total. The fraction of sp³-hybridized carbons (Fsp3) is 0.647. The van der Waals surface area contributed by atoms with Gasteiger partial charge in [0.05, 0.1) is 0 Å². The molecule has 0 unspecified atom stereocenters. The second-order valence-corrected chi connectivity index (χ2v) is 7.49. The lowest BCUT2D eigenvalue weighted by atomic mass is 10.1. The van der Waals surface area contributed by atoms with Crippen LogP contribution in [0.5, 0.6) is 0 Å². The Hall–Kier alpha value is -0.470. The first-order valence-electron chi connectivity index (χ1n) is 7.66. The number of nitrogens with one attached hydrogen (secondary N) is 1. The molecule has 0 spiro atoms. The zero-order chi connectivity index (χ0) is 13.1. The molecule has 0 radical (unpaired) electrons. The molecule has 104 valence electrons. The summed E-state index contributed by atoms with van der Waals surface area (Å²) < 4.78 is 0.522. The Bertz CT molecular complexity index is 402. The van der Waals surface area contributed by atoms with Gasteiger partial charge in [-0.15, -0.1) is 0 Å². The van der Waals surface area contributed by atoms with Gasteiger partial charge in [-0.05, 0) is 49.0 Å². The van der Waals surface area contributed by atoms with Crippen LogP contribution in [0.25, 0.3) is 0 Å². The topological polar surface area (TPSA) is 12.0 Å². The van der Waals surface area contributed by atoms with E-state index in [-0.39, 0.29) is 0 Å². The Morgan fingerprint density at radius 3 is 2.42 bits per heavy atom. The van der Waals surface area contributed by atoms with Gasteiger partial charge in [-0.2, -0.15) is 11.8 Å².